The number of ether oxygens (including phenoxy) is 2. The smallest absolute Gasteiger partial charge is 0.119 e. The molecule has 0 aliphatic carbocycles. The molecule has 0 aliphatic rings. The first-order chi connectivity index (χ1) is 9.17. The quantitative estimate of drug-likeness (QED) is 0.740. The molecule has 108 valence electrons. The van der Waals surface area contributed by atoms with Crippen molar-refractivity contribution in [3.8, 4) is 5.75 Å². The van der Waals surface area contributed by atoms with Crippen LogP contribution in [0.4, 0.5) is 0 Å². The summed E-state index contributed by atoms with van der Waals surface area (Å²) in [7, 11) is 5.54. The van der Waals surface area contributed by atoms with Crippen LogP contribution in [0.15, 0.2) is 24.3 Å². The summed E-state index contributed by atoms with van der Waals surface area (Å²) in [5.74, 6) is 0.906. The fourth-order valence-corrected chi connectivity index (χ4v) is 1.86. The molecule has 0 radical (unpaired) electrons. The molecule has 0 spiro atoms. The first-order valence-electron chi connectivity index (χ1n) is 6.72. The Morgan fingerprint density at radius 2 is 2.05 bits per heavy atom. The maximum absolute atomic E-state index is 5.24. The molecule has 0 saturated carbocycles. The number of methoxy groups -OCH3 is 2. The summed E-state index contributed by atoms with van der Waals surface area (Å²) in [6.45, 7) is 5.88. The van der Waals surface area contributed by atoms with Gasteiger partial charge in [-0.3, -0.25) is 0 Å². The van der Waals surface area contributed by atoms with Crippen LogP contribution in [-0.4, -0.2) is 52.4 Å². The third-order valence-corrected chi connectivity index (χ3v) is 3.21. The highest BCUT2D eigenvalue weighted by atomic mass is 16.5. The van der Waals surface area contributed by atoms with E-state index in [1.165, 1.54) is 5.56 Å². The lowest BCUT2D eigenvalue weighted by atomic mass is 10.1. The van der Waals surface area contributed by atoms with Crippen LogP contribution in [-0.2, 0) is 4.74 Å². The van der Waals surface area contributed by atoms with E-state index in [1.54, 1.807) is 14.2 Å². The Morgan fingerprint density at radius 3 is 2.74 bits per heavy atom. The van der Waals surface area contributed by atoms with Gasteiger partial charge in [-0.25, -0.2) is 0 Å². The van der Waals surface area contributed by atoms with Crippen molar-refractivity contribution in [2.24, 2.45) is 0 Å². The summed E-state index contributed by atoms with van der Waals surface area (Å²) in [5.41, 5.74) is 1.25. The molecule has 1 atom stereocenters. The number of hydrogen-bond acceptors (Lipinski definition) is 4. The van der Waals surface area contributed by atoms with Crippen molar-refractivity contribution in [1.29, 1.82) is 0 Å². The highest BCUT2D eigenvalue weighted by molar-refractivity contribution is 5.30. The molecule has 0 amide bonds. The van der Waals surface area contributed by atoms with Gasteiger partial charge in [-0.05, 0) is 31.7 Å². The highest BCUT2D eigenvalue weighted by Crippen LogP contribution is 2.18. The first-order valence-corrected chi connectivity index (χ1v) is 6.72. The third kappa shape index (κ3) is 6.05. The van der Waals surface area contributed by atoms with Gasteiger partial charge in [0, 0.05) is 32.8 Å². The van der Waals surface area contributed by atoms with E-state index in [1.807, 2.05) is 12.1 Å². The fourth-order valence-electron chi connectivity index (χ4n) is 1.86. The Kier molecular flexibility index (Phi) is 7.48. The van der Waals surface area contributed by atoms with E-state index in [0.717, 1.165) is 32.0 Å². The lowest BCUT2D eigenvalue weighted by molar-refractivity contribution is 0.161. The van der Waals surface area contributed by atoms with Crippen LogP contribution in [0.3, 0.4) is 0 Å². The number of benzene rings is 1. The second-order valence-electron chi connectivity index (χ2n) is 4.75. The van der Waals surface area contributed by atoms with Crippen molar-refractivity contribution in [1.82, 2.24) is 10.2 Å². The van der Waals surface area contributed by atoms with Gasteiger partial charge < -0.3 is 19.7 Å². The Morgan fingerprint density at radius 1 is 1.26 bits per heavy atom. The van der Waals surface area contributed by atoms with Crippen LogP contribution in [0, 0.1) is 0 Å². The highest BCUT2D eigenvalue weighted by Gasteiger charge is 2.06. The van der Waals surface area contributed by atoms with Crippen LogP contribution < -0.4 is 10.1 Å². The summed E-state index contributed by atoms with van der Waals surface area (Å²) in [4.78, 5) is 2.26. The fraction of sp³-hybridized carbons (Fsp3) is 0.600. The second-order valence-corrected chi connectivity index (χ2v) is 4.75. The van der Waals surface area contributed by atoms with E-state index in [0.29, 0.717) is 6.04 Å². The standard InChI is InChI=1S/C15H26N2O2/c1-13(14-6-5-7-15(12-14)19-4)16-8-9-17(2)10-11-18-3/h5-7,12-13,16H,8-11H2,1-4H3. The zero-order valence-electron chi connectivity index (χ0n) is 12.5. The minimum Gasteiger partial charge on any atom is -0.497 e. The zero-order chi connectivity index (χ0) is 14.1. The Bertz CT molecular complexity index is 358. The molecule has 1 N–H and O–H groups in total. The maximum Gasteiger partial charge on any atom is 0.119 e. The van der Waals surface area contributed by atoms with E-state index in [9.17, 15) is 0 Å². The molecule has 0 fully saturated rings. The van der Waals surface area contributed by atoms with Gasteiger partial charge in [-0.2, -0.15) is 0 Å². The first kappa shape index (κ1) is 16.0. The molecule has 0 saturated heterocycles. The van der Waals surface area contributed by atoms with Crippen LogP contribution >= 0.6 is 0 Å². The molecule has 4 heteroatoms. The number of hydrogen-bond donors (Lipinski definition) is 1. The minimum atomic E-state index is 0.325. The number of nitrogens with one attached hydrogen (secondary N) is 1. The predicted octanol–water partition coefficient (Wildman–Crippen LogP) is 1.92. The van der Waals surface area contributed by atoms with Gasteiger partial charge in [-0.1, -0.05) is 12.1 Å². The SMILES string of the molecule is COCCN(C)CCNC(C)c1cccc(OC)c1. The summed E-state index contributed by atoms with van der Waals surface area (Å²) in [6, 6.07) is 8.51. The van der Waals surface area contributed by atoms with Crippen molar-refractivity contribution < 1.29 is 9.47 Å². The third-order valence-electron chi connectivity index (χ3n) is 3.21. The summed E-state index contributed by atoms with van der Waals surface area (Å²) in [5, 5.41) is 3.52. The predicted molar refractivity (Wildman–Crippen MR) is 78.8 cm³/mol. The van der Waals surface area contributed by atoms with E-state index in [2.05, 4.69) is 36.3 Å². The molecular weight excluding hydrogens is 240 g/mol. The van der Waals surface area contributed by atoms with Crippen LogP contribution in [0.5, 0.6) is 5.75 Å². The Labute approximate surface area is 116 Å². The molecule has 0 aromatic heterocycles. The van der Waals surface area contributed by atoms with Crippen molar-refractivity contribution in [2.75, 3.05) is 47.5 Å². The summed E-state index contributed by atoms with van der Waals surface area (Å²) >= 11 is 0. The second kappa shape index (κ2) is 8.91. The summed E-state index contributed by atoms with van der Waals surface area (Å²) in [6.07, 6.45) is 0. The molecule has 1 aromatic carbocycles. The van der Waals surface area contributed by atoms with Gasteiger partial charge in [0.05, 0.1) is 13.7 Å². The summed E-state index contributed by atoms with van der Waals surface area (Å²) < 4.78 is 10.3. The topological polar surface area (TPSA) is 33.7 Å². The average molecular weight is 266 g/mol. The monoisotopic (exact) mass is 266 g/mol. The molecule has 0 heterocycles. The normalized spacial score (nSPS) is 12.7. The molecule has 0 aliphatic heterocycles. The van der Waals surface area contributed by atoms with Crippen molar-refractivity contribution in [3.05, 3.63) is 29.8 Å². The minimum absolute atomic E-state index is 0.325. The number of nitrogens with zero attached hydrogens (tertiary/aromatic N) is 1. The molecule has 4 nitrogen and oxygen atoms in total. The van der Waals surface area contributed by atoms with Crippen molar-refractivity contribution in [2.45, 2.75) is 13.0 Å². The molecule has 19 heavy (non-hydrogen) atoms. The largest absolute Gasteiger partial charge is 0.497 e. The molecule has 1 unspecified atom stereocenters. The average Bonchev–Trinajstić information content (AvgIpc) is 2.45. The Hall–Kier alpha value is -1.10. The van der Waals surface area contributed by atoms with Crippen LogP contribution in [0.25, 0.3) is 0 Å². The van der Waals surface area contributed by atoms with E-state index < -0.39 is 0 Å². The Balaban J connectivity index is 2.32. The molecule has 0 bridgehead atoms. The molecule has 1 aromatic rings. The van der Waals surface area contributed by atoms with Gasteiger partial charge in [0.1, 0.15) is 5.75 Å². The van der Waals surface area contributed by atoms with Gasteiger partial charge in [0.15, 0.2) is 0 Å². The zero-order valence-corrected chi connectivity index (χ0v) is 12.5. The maximum atomic E-state index is 5.24. The van der Waals surface area contributed by atoms with Gasteiger partial charge in [-0.15, -0.1) is 0 Å². The number of rotatable bonds is 9. The molecular formula is C15H26N2O2. The van der Waals surface area contributed by atoms with Crippen molar-refractivity contribution in [3.63, 3.8) is 0 Å². The molecule has 1 rings (SSSR count). The number of likely N-dealkylation sites (N-methyl/N-ethyl adjacent to an activating group) is 1. The lowest BCUT2D eigenvalue weighted by Crippen LogP contribution is -2.32. The van der Waals surface area contributed by atoms with Gasteiger partial charge >= 0.3 is 0 Å². The van der Waals surface area contributed by atoms with Gasteiger partial charge in [0.2, 0.25) is 0 Å². The van der Waals surface area contributed by atoms with E-state index in [-0.39, 0.29) is 0 Å². The van der Waals surface area contributed by atoms with Gasteiger partial charge in [0.25, 0.3) is 0 Å². The van der Waals surface area contributed by atoms with Crippen LogP contribution in [0.1, 0.15) is 18.5 Å². The van der Waals surface area contributed by atoms with Crippen molar-refractivity contribution >= 4 is 0 Å². The van der Waals surface area contributed by atoms with E-state index in [4.69, 9.17) is 9.47 Å². The lowest BCUT2D eigenvalue weighted by Gasteiger charge is -2.19. The van der Waals surface area contributed by atoms with Crippen LogP contribution in [0.2, 0.25) is 0 Å². The van der Waals surface area contributed by atoms with E-state index >= 15 is 0 Å².